The van der Waals surface area contributed by atoms with E-state index >= 15 is 0 Å². The lowest BCUT2D eigenvalue weighted by molar-refractivity contribution is -0.268. The molecule has 0 unspecified atom stereocenters. The number of hydrogen-bond acceptors (Lipinski definition) is 3. The molecule has 0 fully saturated rings. The first kappa shape index (κ1) is 17.0. The first-order chi connectivity index (χ1) is 10.7. The Hall–Kier alpha value is -2.35. The average Bonchev–Trinajstić information content (AvgIpc) is 2.93. The van der Waals surface area contributed by atoms with Gasteiger partial charge < -0.3 is 10.4 Å². The summed E-state index contributed by atoms with van der Waals surface area (Å²) in [7, 11) is 1.62. The molecule has 0 aliphatic rings. The Morgan fingerprint density at radius 1 is 1.30 bits per heavy atom. The van der Waals surface area contributed by atoms with Gasteiger partial charge in [-0.3, -0.25) is 9.48 Å². The first-order valence-corrected chi connectivity index (χ1v) is 6.85. The zero-order valence-electron chi connectivity index (χ0n) is 12.3. The summed E-state index contributed by atoms with van der Waals surface area (Å²) in [6.45, 7) is -0.335. The predicted octanol–water partition coefficient (Wildman–Crippen LogP) is 1.99. The van der Waals surface area contributed by atoms with Crippen molar-refractivity contribution in [2.45, 2.75) is 18.2 Å². The molecular weight excluding hydrogens is 311 g/mol. The van der Waals surface area contributed by atoms with Crippen LogP contribution in [0.1, 0.15) is 22.3 Å². The molecule has 0 spiro atoms. The maximum Gasteiger partial charge on any atom is 0.421 e. The first-order valence-electron chi connectivity index (χ1n) is 6.85. The highest BCUT2D eigenvalue weighted by Gasteiger charge is 2.54. The van der Waals surface area contributed by atoms with Crippen molar-refractivity contribution >= 4 is 5.91 Å². The molecule has 1 atom stereocenters. The number of carbonyl (C=O) groups is 1. The summed E-state index contributed by atoms with van der Waals surface area (Å²) in [5.41, 5.74) is -3.04. The molecule has 0 radical (unpaired) electrons. The minimum atomic E-state index is -4.85. The third-order valence-electron chi connectivity index (χ3n) is 3.46. The van der Waals surface area contributed by atoms with Gasteiger partial charge in [0.25, 0.3) is 5.91 Å². The van der Waals surface area contributed by atoms with Gasteiger partial charge in [-0.05, 0) is 5.56 Å². The van der Waals surface area contributed by atoms with Crippen LogP contribution in [0.25, 0.3) is 0 Å². The molecule has 0 aliphatic heterocycles. The number of hydrogen-bond donors (Lipinski definition) is 2. The highest BCUT2D eigenvalue weighted by Crippen LogP contribution is 2.41. The van der Waals surface area contributed by atoms with Crippen molar-refractivity contribution in [3.05, 3.63) is 53.9 Å². The molecule has 1 aromatic heterocycles. The van der Waals surface area contributed by atoms with Crippen LogP contribution in [0.5, 0.6) is 0 Å². The lowest BCUT2D eigenvalue weighted by Gasteiger charge is -2.31. The predicted molar refractivity (Wildman–Crippen MR) is 76.6 cm³/mol. The van der Waals surface area contributed by atoms with E-state index in [1.807, 2.05) is 0 Å². The molecule has 0 saturated carbocycles. The summed E-state index contributed by atoms with van der Waals surface area (Å²) in [6, 6.07) is 6.80. The number of aliphatic hydroxyl groups is 1. The van der Waals surface area contributed by atoms with E-state index in [9.17, 15) is 23.1 Å². The number of nitrogens with zero attached hydrogens (tertiary/aromatic N) is 2. The molecular formula is C15H16F3N3O2. The zero-order valence-corrected chi connectivity index (χ0v) is 12.3. The lowest BCUT2D eigenvalue weighted by atomic mass is 9.89. The van der Waals surface area contributed by atoms with Crippen molar-refractivity contribution in [2.75, 3.05) is 6.54 Å². The number of benzene rings is 1. The second-order valence-electron chi connectivity index (χ2n) is 5.13. The Morgan fingerprint density at radius 3 is 2.48 bits per heavy atom. The summed E-state index contributed by atoms with van der Waals surface area (Å²) >= 11 is 0. The fourth-order valence-electron chi connectivity index (χ4n) is 2.16. The Morgan fingerprint density at radius 2 is 1.96 bits per heavy atom. The smallest absolute Gasteiger partial charge is 0.376 e. The fraction of sp³-hybridized carbons (Fsp3) is 0.333. The van der Waals surface area contributed by atoms with Crippen LogP contribution < -0.4 is 5.32 Å². The van der Waals surface area contributed by atoms with Gasteiger partial charge in [0.15, 0.2) is 5.60 Å². The van der Waals surface area contributed by atoms with Crippen LogP contribution in [0.4, 0.5) is 13.2 Å². The van der Waals surface area contributed by atoms with Crippen molar-refractivity contribution in [2.24, 2.45) is 7.05 Å². The van der Waals surface area contributed by atoms with Crippen molar-refractivity contribution in [1.82, 2.24) is 15.1 Å². The van der Waals surface area contributed by atoms with Crippen LogP contribution in [0.15, 0.2) is 42.7 Å². The zero-order chi connectivity index (χ0) is 17.1. The number of nitrogens with one attached hydrogen (secondary N) is 1. The van der Waals surface area contributed by atoms with Crippen LogP contribution in [0.2, 0.25) is 0 Å². The summed E-state index contributed by atoms with van der Waals surface area (Å²) in [6.07, 6.45) is -2.79. The standard InChI is InChI=1S/C15H16F3N3O2/c1-21-10-11(9-20-21)13(22)19-8-7-14(23,15(16,17)18)12-5-3-2-4-6-12/h2-6,9-10,23H,7-8H2,1H3,(H,19,22)/t14-/m0/s1. The molecule has 0 aliphatic carbocycles. The van der Waals surface area contributed by atoms with E-state index in [0.29, 0.717) is 0 Å². The normalized spacial score (nSPS) is 14.3. The summed E-state index contributed by atoms with van der Waals surface area (Å²) in [4.78, 5) is 11.8. The van der Waals surface area contributed by atoms with E-state index in [0.717, 1.165) is 0 Å². The number of carbonyl (C=O) groups excluding carboxylic acids is 1. The summed E-state index contributed by atoms with van der Waals surface area (Å²) in [5, 5.41) is 16.3. The summed E-state index contributed by atoms with van der Waals surface area (Å²) in [5.74, 6) is -0.546. The van der Waals surface area contributed by atoms with E-state index in [1.54, 1.807) is 13.1 Å². The van der Waals surface area contributed by atoms with Crippen molar-refractivity contribution in [1.29, 1.82) is 0 Å². The highest BCUT2D eigenvalue weighted by molar-refractivity contribution is 5.93. The highest BCUT2D eigenvalue weighted by atomic mass is 19.4. The maximum absolute atomic E-state index is 13.3. The third-order valence-corrected chi connectivity index (χ3v) is 3.46. The van der Waals surface area contributed by atoms with Gasteiger partial charge in [-0.15, -0.1) is 0 Å². The van der Waals surface area contributed by atoms with Gasteiger partial charge in [-0.25, -0.2) is 0 Å². The van der Waals surface area contributed by atoms with Crippen molar-refractivity contribution in [3.63, 3.8) is 0 Å². The minimum Gasteiger partial charge on any atom is -0.376 e. The molecule has 8 heteroatoms. The second-order valence-corrected chi connectivity index (χ2v) is 5.13. The molecule has 1 aromatic carbocycles. The molecule has 2 rings (SSSR count). The lowest BCUT2D eigenvalue weighted by Crippen LogP contribution is -2.45. The van der Waals surface area contributed by atoms with E-state index < -0.39 is 24.1 Å². The van der Waals surface area contributed by atoms with Crippen LogP contribution >= 0.6 is 0 Å². The SMILES string of the molecule is Cn1cc(C(=O)NCC[C@](O)(c2ccccc2)C(F)(F)F)cn1. The Labute approximate surface area is 130 Å². The molecule has 124 valence electrons. The maximum atomic E-state index is 13.3. The van der Waals surface area contributed by atoms with Crippen LogP contribution in [0.3, 0.4) is 0 Å². The van der Waals surface area contributed by atoms with Gasteiger partial charge >= 0.3 is 6.18 Å². The largest absolute Gasteiger partial charge is 0.421 e. The Balaban J connectivity index is 2.07. The van der Waals surface area contributed by atoms with E-state index in [1.165, 1.54) is 41.3 Å². The molecule has 2 N–H and O–H groups in total. The van der Waals surface area contributed by atoms with Crippen LogP contribution in [0, 0.1) is 0 Å². The molecule has 2 aromatic rings. The molecule has 5 nitrogen and oxygen atoms in total. The van der Waals surface area contributed by atoms with Gasteiger partial charge in [0, 0.05) is 26.2 Å². The molecule has 0 bridgehead atoms. The van der Waals surface area contributed by atoms with Crippen LogP contribution in [-0.2, 0) is 12.6 Å². The molecule has 23 heavy (non-hydrogen) atoms. The topological polar surface area (TPSA) is 67.2 Å². The third kappa shape index (κ3) is 3.70. The number of aryl methyl sites for hydroxylation is 1. The number of alkyl halides is 3. The molecule has 1 amide bonds. The van der Waals surface area contributed by atoms with Gasteiger partial charge in [-0.2, -0.15) is 18.3 Å². The van der Waals surface area contributed by atoms with E-state index in [4.69, 9.17) is 0 Å². The minimum absolute atomic E-state index is 0.239. The molecule has 1 heterocycles. The number of amides is 1. The van der Waals surface area contributed by atoms with E-state index in [2.05, 4.69) is 10.4 Å². The monoisotopic (exact) mass is 327 g/mol. The van der Waals surface area contributed by atoms with Gasteiger partial charge in [0.2, 0.25) is 0 Å². The summed E-state index contributed by atoms with van der Waals surface area (Å²) < 4.78 is 41.2. The Kier molecular flexibility index (Phi) is 4.74. The average molecular weight is 327 g/mol. The van der Waals surface area contributed by atoms with Crippen molar-refractivity contribution < 1.29 is 23.1 Å². The number of halogens is 3. The van der Waals surface area contributed by atoms with Gasteiger partial charge in [-0.1, -0.05) is 30.3 Å². The van der Waals surface area contributed by atoms with Crippen LogP contribution in [-0.4, -0.2) is 33.5 Å². The Bertz CT molecular complexity index is 670. The van der Waals surface area contributed by atoms with E-state index in [-0.39, 0.29) is 17.7 Å². The second kappa shape index (κ2) is 6.41. The number of rotatable bonds is 5. The number of aromatic nitrogens is 2. The quantitative estimate of drug-likeness (QED) is 0.882. The van der Waals surface area contributed by atoms with Crippen molar-refractivity contribution in [3.8, 4) is 0 Å². The molecule has 0 saturated heterocycles. The fourth-order valence-corrected chi connectivity index (χ4v) is 2.16. The van der Waals surface area contributed by atoms with Gasteiger partial charge in [0.05, 0.1) is 11.8 Å². The van der Waals surface area contributed by atoms with Gasteiger partial charge in [0.1, 0.15) is 0 Å².